The number of nitrogens with one attached hydrogen (secondary N) is 1. The zero-order chi connectivity index (χ0) is 21.1. The lowest BCUT2D eigenvalue weighted by molar-refractivity contribution is -0.119. The fraction of sp³-hybridized carbons (Fsp3) is 0.167. The van der Waals surface area contributed by atoms with Gasteiger partial charge in [0.25, 0.3) is 5.91 Å². The lowest BCUT2D eigenvalue weighted by Crippen LogP contribution is -2.20. The van der Waals surface area contributed by atoms with E-state index >= 15 is 0 Å². The smallest absolute Gasteiger partial charge is 0.338 e. The first-order valence-electron chi connectivity index (χ1n) is 7.96. The molecule has 1 aromatic heterocycles. The molecule has 3 rings (SSSR count). The van der Waals surface area contributed by atoms with Crippen LogP contribution in [0.1, 0.15) is 10.4 Å². The van der Waals surface area contributed by atoms with Crippen molar-refractivity contribution in [3.63, 3.8) is 0 Å². The number of halogens is 3. The van der Waals surface area contributed by atoms with Crippen LogP contribution in [0, 0.1) is 17.5 Å². The minimum absolute atomic E-state index is 0.0113. The van der Waals surface area contributed by atoms with Crippen molar-refractivity contribution in [3.05, 3.63) is 47.3 Å². The van der Waals surface area contributed by atoms with E-state index in [0.717, 1.165) is 17.4 Å². The van der Waals surface area contributed by atoms with Crippen molar-refractivity contribution in [2.45, 2.75) is 0 Å². The number of anilines is 1. The van der Waals surface area contributed by atoms with Gasteiger partial charge in [0, 0.05) is 6.07 Å². The molecule has 0 aliphatic rings. The van der Waals surface area contributed by atoms with Crippen LogP contribution in [-0.4, -0.2) is 37.7 Å². The minimum Gasteiger partial charge on any atom is -0.497 e. The summed E-state index contributed by atoms with van der Waals surface area (Å²) in [5.74, 6) is -5.32. The summed E-state index contributed by atoms with van der Waals surface area (Å²) in [6.45, 7) is -0.667. The Morgan fingerprint density at radius 3 is 2.31 bits per heavy atom. The molecule has 11 heteroatoms. The number of benzene rings is 2. The van der Waals surface area contributed by atoms with Crippen molar-refractivity contribution in [1.82, 2.24) is 4.98 Å². The van der Waals surface area contributed by atoms with Gasteiger partial charge in [0.1, 0.15) is 17.0 Å². The fourth-order valence-corrected chi connectivity index (χ4v) is 3.23. The highest BCUT2D eigenvalue weighted by Crippen LogP contribution is 2.30. The highest BCUT2D eigenvalue weighted by molar-refractivity contribution is 7.22. The summed E-state index contributed by atoms with van der Waals surface area (Å²) in [6, 6.07) is 5.14. The maximum atomic E-state index is 13.7. The van der Waals surface area contributed by atoms with Crippen molar-refractivity contribution in [2.75, 3.05) is 26.1 Å². The maximum Gasteiger partial charge on any atom is 0.338 e. The molecular formula is C18H13F3N2O5S. The highest BCUT2D eigenvalue weighted by atomic mass is 32.1. The van der Waals surface area contributed by atoms with Gasteiger partial charge in [-0.15, -0.1) is 0 Å². The summed E-state index contributed by atoms with van der Waals surface area (Å²) in [5.41, 5.74) is -0.313. The lowest BCUT2D eigenvalue weighted by atomic mass is 10.2. The summed E-state index contributed by atoms with van der Waals surface area (Å²) in [7, 11) is 2.83. The van der Waals surface area contributed by atoms with Gasteiger partial charge < -0.3 is 14.2 Å². The molecule has 0 spiro atoms. The van der Waals surface area contributed by atoms with Crippen molar-refractivity contribution in [2.24, 2.45) is 0 Å². The second kappa shape index (κ2) is 8.35. The quantitative estimate of drug-likeness (QED) is 0.479. The standard InChI is InChI=1S/C18H13F3N2O5S/c1-26-9-3-8(4-10(5-9)27-2)17(25)28-7-13(24)22-18-23-16-12(29-18)6-11(19)14(20)15(16)21/h3-6H,7H2,1-2H3,(H,22,23,24). The van der Waals surface area contributed by atoms with E-state index in [1.54, 1.807) is 6.07 Å². The molecule has 0 atom stereocenters. The van der Waals surface area contributed by atoms with Crippen molar-refractivity contribution in [3.8, 4) is 11.5 Å². The molecule has 0 saturated carbocycles. The van der Waals surface area contributed by atoms with Gasteiger partial charge >= 0.3 is 5.97 Å². The Morgan fingerprint density at radius 2 is 1.69 bits per heavy atom. The van der Waals surface area contributed by atoms with Gasteiger partial charge in [-0.25, -0.2) is 22.9 Å². The molecule has 0 aliphatic carbocycles. The Bertz CT molecular complexity index is 1080. The molecule has 152 valence electrons. The molecule has 0 unspecified atom stereocenters. The van der Waals surface area contributed by atoms with Crippen LogP contribution in [0.25, 0.3) is 10.2 Å². The first kappa shape index (κ1) is 20.4. The molecule has 1 N–H and O–H groups in total. The number of carbonyl (C=O) groups is 2. The molecule has 3 aromatic rings. The van der Waals surface area contributed by atoms with E-state index in [1.807, 2.05) is 0 Å². The van der Waals surface area contributed by atoms with E-state index in [4.69, 9.17) is 14.2 Å². The number of esters is 1. The average molecular weight is 426 g/mol. The van der Waals surface area contributed by atoms with E-state index in [9.17, 15) is 22.8 Å². The third kappa shape index (κ3) is 4.40. The third-order valence-corrected chi connectivity index (χ3v) is 4.61. The monoisotopic (exact) mass is 426 g/mol. The molecule has 29 heavy (non-hydrogen) atoms. The number of aromatic nitrogens is 1. The van der Waals surface area contributed by atoms with Crippen LogP contribution >= 0.6 is 11.3 Å². The molecular weight excluding hydrogens is 413 g/mol. The summed E-state index contributed by atoms with van der Waals surface area (Å²) < 4.78 is 55.3. The van der Waals surface area contributed by atoms with Gasteiger partial charge in [0.2, 0.25) is 0 Å². The zero-order valence-electron chi connectivity index (χ0n) is 15.0. The number of amides is 1. The second-order valence-electron chi connectivity index (χ2n) is 5.58. The van der Waals surface area contributed by atoms with Gasteiger partial charge in [-0.2, -0.15) is 0 Å². The number of hydrogen-bond donors (Lipinski definition) is 1. The number of fused-ring (bicyclic) bond motifs is 1. The van der Waals surface area contributed by atoms with Crippen LogP contribution in [0.2, 0.25) is 0 Å². The number of thiazole rings is 1. The maximum absolute atomic E-state index is 13.7. The summed E-state index contributed by atoms with van der Waals surface area (Å²) >= 11 is 0.740. The van der Waals surface area contributed by atoms with Gasteiger partial charge in [-0.05, 0) is 18.2 Å². The number of carbonyl (C=O) groups excluding carboxylic acids is 2. The molecule has 1 amide bonds. The van der Waals surface area contributed by atoms with E-state index in [1.165, 1.54) is 26.4 Å². The zero-order valence-corrected chi connectivity index (χ0v) is 15.9. The van der Waals surface area contributed by atoms with E-state index in [2.05, 4.69) is 10.3 Å². The topological polar surface area (TPSA) is 86.8 Å². The van der Waals surface area contributed by atoms with Crippen LogP contribution in [0.4, 0.5) is 18.3 Å². The second-order valence-corrected chi connectivity index (χ2v) is 6.61. The van der Waals surface area contributed by atoms with Gasteiger partial charge in [0.05, 0.1) is 24.5 Å². The Kier molecular flexibility index (Phi) is 5.87. The summed E-state index contributed by atoms with van der Waals surface area (Å²) in [5, 5.41) is 2.18. The van der Waals surface area contributed by atoms with Crippen molar-refractivity contribution >= 4 is 38.6 Å². The van der Waals surface area contributed by atoms with E-state index in [-0.39, 0.29) is 15.4 Å². The average Bonchev–Trinajstić information content (AvgIpc) is 3.11. The van der Waals surface area contributed by atoms with Crippen LogP contribution in [0.3, 0.4) is 0 Å². The van der Waals surface area contributed by atoms with Crippen LogP contribution in [-0.2, 0) is 9.53 Å². The van der Waals surface area contributed by atoms with Gasteiger partial charge in [0.15, 0.2) is 29.2 Å². The predicted octanol–water partition coefficient (Wildman–Crippen LogP) is 3.53. The van der Waals surface area contributed by atoms with Crippen LogP contribution in [0.5, 0.6) is 11.5 Å². The molecule has 0 fully saturated rings. The first-order valence-corrected chi connectivity index (χ1v) is 8.78. The normalized spacial score (nSPS) is 10.7. The molecule has 7 nitrogen and oxygen atoms in total. The Morgan fingerprint density at radius 1 is 1.03 bits per heavy atom. The number of ether oxygens (including phenoxy) is 3. The molecule has 0 radical (unpaired) electrons. The predicted molar refractivity (Wildman–Crippen MR) is 98.0 cm³/mol. The Labute approximate surface area is 166 Å². The Balaban J connectivity index is 1.66. The fourth-order valence-electron chi connectivity index (χ4n) is 2.32. The van der Waals surface area contributed by atoms with E-state index in [0.29, 0.717) is 11.5 Å². The SMILES string of the molecule is COc1cc(OC)cc(C(=O)OCC(=O)Nc2nc3c(F)c(F)c(F)cc3s2)c1. The first-order chi connectivity index (χ1) is 13.8. The minimum atomic E-state index is -1.65. The summed E-state index contributed by atoms with van der Waals surface area (Å²) in [4.78, 5) is 27.8. The third-order valence-electron chi connectivity index (χ3n) is 3.69. The number of nitrogens with zero attached hydrogens (tertiary/aromatic N) is 1. The molecule has 1 heterocycles. The Hall–Kier alpha value is -3.34. The molecule has 2 aromatic carbocycles. The molecule has 0 bridgehead atoms. The van der Waals surface area contributed by atoms with E-state index < -0.39 is 41.5 Å². The molecule has 0 aliphatic heterocycles. The number of methoxy groups -OCH3 is 2. The summed E-state index contributed by atoms with van der Waals surface area (Å²) in [6.07, 6.45) is 0. The number of rotatable bonds is 6. The van der Waals surface area contributed by atoms with Gasteiger partial charge in [-0.3, -0.25) is 10.1 Å². The van der Waals surface area contributed by atoms with Gasteiger partial charge in [-0.1, -0.05) is 11.3 Å². The van der Waals surface area contributed by atoms with Crippen molar-refractivity contribution in [1.29, 1.82) is 0 Å². The molecule has 0 saturated heterocycles. The largest absolute Gasteiger partial charge is 0.497 e. The number of hydrogen-bond acceptors (Lipinski definition) is 7. The van der Waals surface area contributed by atoms with Crippen LogP contribution < -0.4 is 14.8 Å². The van der Waals surface area contributed by atoms with Crippen LogP contribution in [0.15, 0.2) is 24.3 Å². The highest BCUT2D eigenvalue weighted by Gasteiger charge is 2.19. The lowest BCUT2D eigenvalue weighted by Gasteiger charge is -2.08. The van der Waals surface area contributed by atoms with Crippen molar-refractivity contribution < 1.29 is 37.0 Å².